The third kappa shape index (κ3) is 6.49. The SMILES string of the molecule is CCCOc1c(Br)cc(CNC(C)CSCC)cc1OC. The lowest BCUT2D eigenvalue weighted by atomic mass is 10.2. The molecular weight excluding hydrogens is 350 g/mol. The fraction of sp³-hybridized carbons (Fsp3) is 0.625. The Bertz CT molecular complexity index is 429. The number of thioether (sulfide) groups is 1. The normalized spacial score (nSPS) is 12.2. The van der Waals surface area contributed by atoms with Crippen molar-refractivity contribution in [3.8, 4) is 11.5 Å². The van der Waals surface area contributed by atoms with Crippen molar-refractivity contribution in [2.24, 2.45) is 0 Å². The average Bonchev–Trinajstić information content (AvgIpc) is 2.49. The van der Waals surface area contributed by atoms with Gasteiger partial charge in [-0.1, -0.05) is 13.8 Å². The van der Waals surface area contributed by atoms with Crippen LogP contribution >= 0.6 is 27.7 Å². The summed E-state index contributed by atoms with van der Waals surface area (Å²) in [5, 5.41) is 3.54. The maximum atomic E-state index is 5.75. The molecule has 0 aliphatic carbocycles. The van der Waals surface area contributed by atoms with Crippen LogP contribution < -0.4 is 14.8 Å². The van der Waals surface area contributed by atoms with Crippen LogP contribution in [0.4, 0.5) is 0 Å². The van der Waals surface area contributed by atoms with Gasteiger partial charge in [-0.25, -0.2) is 0 Å². The molecule has 1 rings (SSSR count). The van der Waals surface area contributed by atoms with Gasteiger partial charge in [-0.3, -0.25) is 0 Å². The number of methoxy groups -OCH3 is 1. The summed E-state index contributed by atoms with van der Waals surface area (Å²) >= 11 is 5.54. The first-order valence-corrected chi connectivity index (χ1v) is 9.37. The molecule has 0 amide bonds. The summed E-state index contributed by atoms with van der Waals surface area (Å²) in [7, 11) is 1.68. The van der Waals surface area contributed by atoms with Crippen LogP contribution in [0.3, 0.4) is 0 Å². The lowest BCUT2D eigenvalue weighted by molar-refractivity contribution is 0.292. The molecule has 0 aliphatic heterocycles. The van der Waals surface area contributed by atoms with Gasteiger partial charge in [0.1, 0.15) is 0 Å². The monoisotopic (exact) mass is 375 g/mol. The zero-order valence-electron chi connectivity index (χ0n) is 13.4. The Morgan fingerprint density at radius 3 is 2.71 bits per heavy atom. The molecule has 0 radical (unpaired) electrons. The first-order valence-electron chi connectivity index (χ1n) is 7.42. The molecule has 0 spiro atoms. The van der Waals surface area contributed by atoms with Gasteiger partial charge in [0, 0.05) is 18.3 Å². The van der Waals surface area contributed by atoms with Crippen molar-refractivity contribution >= 4 is 27.7 Å². The molecule has 120 valence electrons. The number of rotatable bonds is 10. The molecule has 1 N–H and O–H groups in total. The molecule has 1 unspecified atom stereocenters. The second kappa shape index (κ2) is 10.4. The van der Waals surface area contributed by atoms with E-state index in [1.807, 2.05) is 17.8 Å². The summed E-state index contributed by atoms with van der Waals surface area (Å²) in [5.41, 5.74) is 1.19. The highest BCUT2D eigenvalue weighted by molar-refractivity contribution is 9.10. The lowest BCUT2D eigenvalue weighted by Crippen LogP contribution is -2.27. The van der Waals surface area contributed by atoms with Crippen LogP contribution in [0.25, 0.3) is 0 Å². The topological polar surface area (TPSA) is 30.5 Å². The van der Waals surface area contributed by atoms with E-state index in [1.54, 1.807) is 7.11 Å². The van der Waals surface area contributed by atoms with Crippen LogP contribution in [0.5, 0.6) is 11.5 Å². The molecule has 1 aromatic carbocycles. The van der Waals surface area contributed by atoms with E-state index in [-0.39, 0.29) is 0 Å². The van der Waals surface area contributed by atoms with E-state index in [1.165, 1.54) is 5.56 Å². The Morgan fingerprint density at radius 1 is 1.33 bits per heavy atom. The van der Waals surface area contributed by atoms with E-state index in [0.717, 1.165) is 40.4 Å². The minimum Gasteiger partial charge on any atom is -0.493 e. The first kappa shape index (κ1) is 18.7. The van der Waals surface area contributed by atoms with Crippen LogP contribution in [0.15, 0.2) is 16.6 Å². The van der Waals surface area contributed by atoms with Gasteiger partial charge in [0.2, 0.25) is 0 Å². The zero-order valence-corrected chi connectivity index (χ0v) is 15.8. The van der Waals surface area contributed by atoms with E-state index in [4.69, 9.17) is 9.47 Å². The van der Waals surface area contributed by atoms with E-state index >= 15 is 0 Å². The number of hydrogen-bond donors (Lipinski definition) is 1. The van der Waals surface area contributed by atoms with Gasteiger partial charge in [-0.2, -0.15) is 11.8 Å². The number of halogens is 1. The minimum atomic E-state index is 0.496. The number of benzene rings is 1. The highest BCUT2D eigenvalue weighted by atomic mass is 79.9. The summed E-state index contributed by atoms with van der Waals surface area (Å²) < 4.78 is 12.1. The molecule has 0 heterocycles. The van der Waals surface area contributed by atoms with Crippen LogP contribution in [-0.4, -0.2) is 31.3 Å². The van der Waals surface area contributed by atoms with Gasteiger partial charge in [0.25, 0.3) is 0 Å². The van der Waals surface area contributed by atoms with Gasteiger partial charge < -0.3 is 14.8 Å². The van der Waals surface area contributed by atoms with Crippen molar-refractivity contribution < 1.29 is 9.47 Å². The Balaban J connectivity index is 2.69. The standard InChI is InChI=1S/C16H26BrNO2S/c1-5-7-20-16-14(17)8-13(9-15(16)19-4)10-18-12(3)11-21-6-2/h8-9,12,18H,5-7,10-11H2,1-4H3. The van der Waals surface area contributed by atoms with Crippen molar-refractivity contribution in [1.82, 2.24) is 5.32 Å². The van der Waals surface area contributed by atoms with E-state index in [2.05, 4.69) is 48.1 Å². The molecule has 1 atom stereocenters. The fourth-order valence-corrected chi connectivity index (χ4v) is 3.18. The highest BCUT2D eigenvalue weighted by Crippen LogP contribution is 2.36. The van der Waals surface area contributed by atoms with Gasteiger partial charge in [0.15, 0.2) is 11.5 Å². The van der Waals surface area contributed by atoms with Gasteiger partial charge >= 0.3 is 0 Å². The highest BCUT2D eigenvalue weighted by Gasteiger charge is 2.12. The minimum absolute atomic E-state index is 0.496. The summed E-state index contributed by atoms with van der Waals surface area (Å²) in [6.45, 7) is 8.02. The van der Waals surface area contributed by atoms with Gasteiger partial charge in [-0.05, 0) is 52.7 Å². The maximum absolute atomic E-state index is 5.75. The fourth-order valence-electron chi connectivity index (χ4n) is 1.87. The van der Waals surface area contributed by atoms with E-state index in [0.29, 0.717) is 12.6 Å². The van der Waals surface area contributed by atoms with Crippen molar-refractivity contribution in [1.29, 1.82) is 0 Å². The number of hydrogen-bond acceptors (Lipinski definition) is 4. The zero-order chi connectivity index (χ0) is 15.7. The molecule has 0 fully saturated rings. The third-order valence-corrected chi connectivity index (χ3v) is 4.70. The van der Waals surface area contributed by atoms with Gasteiger partial charge in [-0.15, -0.1) is 0 Å². The van der Waals surface area contributed by atoms with Crippen molar-refractivity contribution in [3.63, 3.8) is 0 Å². The predicted octanol–water partition coefficient (Wildman–Crippen LogP) is 4.48. The van der Waals surface area contributed by atoms with Crippen molar-refractivity contribution in [2.45, 2.75) is 39.8 Å². The van der Waals surface area contributed by atoms with Crippen LogP contribution in [0, 0.1) is 0 Å². The van der Waals surface area contributed by atoms with Crippen LogP contribution in [0.1, 0.15) is 32.8 Å². The summed E-state index contributed by atoms with van der Waals surface area (Å²) in [5.74, 6) is 3.87. The lowest BCUT2D eigenvalue weighted by Gasteiger charge is -2.16. The molecular formula is C16H26BrNO2S. The van der Waals surface area contributed by atoms with Crippen molar-refractivity contribution in [3.05, 3.63) is 22.2 Å². The van der Waals surface area contributed by atoms with Crippen molar-refractivity contribution in [2.75, 3.05) is 25.2 Å². The quantitative estimate of drug-likeness (QED) is 0.652. The molecule has 0 aliphatic rings. The third-order valence-electron chi connectivity index (χ3n) is 2.97. The summed E-state index contributed by atoms with van der Waals surface area (Å²) in [6, 6.07) is 4.64. The molecule has 0 saturated heterocycles. The number of nitrogens with one attached hydrogen (secondary N) is 1. The second-order valence-corrected chi connectivity index (χ2v) is 7.07. The molecule has 5 heteroatoms. The Morgan fingerprint density at radius 2 is 2.10 bits per heavy atom. The Hall–Kier alpha value is -0.390. The predicted molar refractivity (Wildman–Crippen MR) is 95.8 cm³/mol. The first-order chi connectivity index (χ1) is 10.1. The van der Waals surface area contributed by atoms with Crippen LogP contribution in [0.2, 0.25) is 0 Å². The molecule has 21 heavy (non-hydrogen) atoms. The molecule has 0 aromatic heterocycles. The molecule has 3 nitrogen and oxygen atoms in total. The molecule has 0 bridgehead atoms. The number of ether oxygens (including phenoxy) is 2. The molecule has 0 saturated carbocycles. The summed E-state index contributed by atoms with van der Waals surface area (Å²) in [4.78, 5) is 0. The van der Waals surface area contributed by atoms with E-state index < -0.39 is 0 Å². The summed E-state index contributed by atoms with van der Waals surface area (Å²) in [6.07, 6.45) is 0.978. The smallest absolute Gasteiger partial charge is 0.175 e. The van der Waals surface area contributed by atoms with Crippen LogP contribution in [-0.2, 0) is 6.54 Å². The second-order valence-electron chi connectivity index (χ2n) is 4.90. The van der Waals surface area contributed by atoms with Gasteiger partial charge in [0.05, 0.1) is 18.2 Å². The Kier molecular flexibility index (Phi) is 9.20. The largest absolute Gasteiger partial charge is 0.493 e. The average molecular weight is 376 g/mol. The van der Waals surface area contributed by atoms with E-state index in [9.17, 15) is 0 Å². The Labute approximate surface area is 141 Å². The molecule has 1 aromatic rings. The maximum Gasteiger partial charge on any atom is 0.175 e.